The van der Waals surface area contributed by atoms with Crippen LogP contribution in [0.15, 0.2) is 73.3 Å². The van der Waals surface area contributed by atoms with Crippen molar-refractivity contribution in [2.75, 3.05) is 0 Å². The Labute approximate surface area is 128 Å². The number of nitrogens with zero attached hydrogens (tertiary/aromatic N) is 2. The third kappa shape index (κ3) is 2.48. The lowest BCUT2D eigenvalue weighted by Gasteiger charge is -2.09. The van der Waals surface area contributed by atoms with Crippen LogP contribution in [0.1, 0.15) is 11.1 Å². The van der Waals surface area contributed by atoms with Gasteiger partial charge in [-0.3, -0.25) is 0 Å². The summed E-state index contributed by atoms with van der Waals surface area (Å²) in [5.74, 6) is 0. The van der Waals surface area contributed by atoms with Gasteiger partial charge in [0.25, 0.3) is 0 Å². The topological polar surface area (TPSA) is 9.86 Å². The molecule has 2 aromatic heterocycles. The molecule has 0 saturated heterocycles. The highest BCUT2D eigenvalue weighted by Gasteiger charge is 2.07. The maximum atomic E-state index is 5.50. The number of hydrogen-bond donors (Lipinski definition) is 0. The van der Waals surface area contributed by atoms with Gasteiger partial charge in [-0.2, -0.15) is 0 Å². The molecule has 0 saturated carbocycles. The molecule has 0 aliphatic heterocycles. The maximum absolute atomic E-state index is 5.50. The number of rotatable bonds is 2. The molecule has 0 unspecified atom stereocenters. The largest absolute Gasteiger partial charge is 0.314 e. The Morgan fingerprint density at radius 2 is 1.05 bits per heavy atom. The second-order valence-corrected chi connectivity index (χ2v) is 5.15. The summed E-state index contributed by atoms with van der Waals surface area (Å²) in [5, 5.41) is 0. The average Bonchev–Trinajstić information content (AvgIpc) is 3.18. The number of aromatic nitrogens is 2. The van der Waals surface area contributed by atoms with Crippen LogP contribution in [0.5, 0.6) is 0 Å². The monoisotopic (exact) mass is 296 g/mol. The van der Waals surface area contributed by atoms with Crippen molar-refractivity contribution in [2.24, 2.45) is 0 Å². The van der Waals surface area contributed by atoms with E-state index < -0.39 is 0 Å². The van der Waals surface area contributed by atoms with Crippen LogP contribution in [0.2, 0.25) is 0 Å². The molecule has 98 valence electrons. The molecule has 0 atom stereocenters. The zero-order valence-corrected chi connectivity index (χ0v) is 12.3. The van der Waals surface area contributed by atoms with Gasteiger partial charge >= 0.3 is 0 Å². The molecule has 0 radical (unpaired) electrons. The number of thiocarbonyl (C=S) groups is 2. The van der Waals surface area contributed by atoms with E-state index in [1.165, 1.54) is 0 Å². The maximum Gasteiger partial charge on any atom is 0.117 e. The second kappa shape index (κ2) is 5.53. The summed E-state index contributed by atoms with van der Waals surface area (Å²) in [7, 11) is 0. The Balaban J connectivity index is 1.94. The first-order chi connectivity index (χ1) is 9.75. The van der Waals surface area contributed by atoms with E-state index in [1.807, 2.05) is 82.5 Å². The molecule has 3 rings (SSSR count). The lowest BCUT2D eigenvalue weighted by molar-refractivity contribution is 1.18. The van der Waals surface area contributed by atoms with Crippen LogP contribution in [0.25, 0.3) is 0 Å². The minimum Gasteiger partial charge on any atom is -0.314 e. The van der Waals surface area contributed by atoms with Crippen molar-refractivity contribution in [2.45, 2.75) is 0 Å². The summed E-state index contributed by atoms with van der Waals surface area (Å²) >= 11 is 11.0. The predicted molar refractivity (Wildman–Crippen MR) is 89.5 cm³/mol. The zero-order valence-electron chi connectivity index (χ0n) is 10.6. The van der Waals surface area contributed by atoms with E-state index in [0.29, 0.717) is 0 Å². The van der Waals surface area contributed by atoms with Gasteiger partial charge in [-0.15, -0.1) is 0 Å². The van der Waals surface area contributed by atoms with Gasteiger partial charge in [0.05, 0.1) is 0 Å². The smallest absolute Gasteiger partial charge is 0.117 e. The highest BCUT2D eigenvalue weighted by atomic mass is 32.1. The van der Waals surface area contributed by atoms with Crippen LogP contribution in [0.3, 0.4) is 0 Å². The fraction of sp³-hybridized carbons (Fsp3) is 0. The Hall–Kier alpha value is -2.04. The molecule has 2 heterocycles. The molecule has 4 heteroatoms. The van der Waals surface area contributed by atoms with Crippen LogP contribution in [-0.2, 0) is 0 Å². The molecule has 0 amide bonds. The molecular weight excluding hydrogens is 284 g/mol. The van der Waals surface area contributed by atoms with E-state index >= 15 is 0 Å². The van der Waals surface area contributed by atoms with E-state index in [0.717, 1.165) is 21.1 Å². The SMILES string of the molecule is S=C(c1cccc(C(=S)n2cccc2)c1)n1cccc1. The van der Waals surface area contributed by atoms with Crippen LogP contribution < -0.4 is 0 Å². The highest BCUT2D eigenvalue weighted by molar-refractivity contribution is 7.81. The van der Waals surface area contributed by atoms with Gasteiger partial charge in [0.2, 0.25) is 0 Å². The van der Waals surface area contributed by atoms with Crippen molar-refractivity contribution in [1.82, 2.24) is 9.13 Å². The minimum absolute atomic E-state index is 0.771. The lowest BCUT2D eigenvalue weighted by atomic mass is 10.1. The van der Waals surface area contributed by atoms with Gasteiger partial charge in [-0.25, -0.2) is 0 Å². The third-order valence-corrected chi connectivity index (χ3v) is 3.93. The van der Waals surface area contributed by atoms with Gasteiger partial charge in [0.15, 0.2) is 0 Å². The molecular formula is C16H12N2S2. The Bertz CT molecular complexity index is 679. The summed E-state index contributed by atoms with van der Waals surface area (Å²) < 4.78 is 3.85. The average molecular weight is 296 g/mol. The lowest BCUT2D eigenvalue weighted by Crippen LogP contribution is -2.12. The molecule has 3 aromatic rings. The summed E-state index contributed by atoms with van der Waals surface area (Å²) in [4.78, 5) is 1.54. The predicted octanol–water partition coefficient (Wildman–Crippen LogP) is 3.74. The summed E-state index contributed by atoms with van der Waals surface area (Å²) in [6.07, 6.45) is 7.77. The molecule has 1 aromatic carbocycles. The van der Waals surface area contributed by atoms with E-state index in [-0.39, 0.29) is 0 Å². The van der Waals surface area contributed by atoms with E-state index in [9.17, 15) is 0 Å². The van der Waals surface area contributed by atoms with Crippen molar-refractivity contribution < 1.29 is 0 Å². The van der Waals surface area contributed by atoms with Crippen LogP contribution in [0, 0.1) is 0 Å². The van der Waals surface area contributed by atoms with Crippen molar-refractivity contribution in [3.63, 3.8) is 0 Å². The minimum atomic E-state index is 0.771. The molecule has 0 bridgehead atoms. The summed E-state index contributed by atoms with van der Waals surface area (Å²) in [6, 6.07) is 15.9. The van der Waals surface area contributed by atoms with Crippen LogP contribution in [-0.4, -0.2) is 19.1 Å². The van der Waals surface area contributed by atoms with Crippen LogP contribution in [0.4, 0.5) is 0 Å². The fourth-order valence-electron chi connectivity index (χ4n) is 2.02. The highest BCUT2D eigenvalue weighted by Crippen LogP contribution is 2.11. The Morgan fingerprint density at radius 1 is 0.650 bits per heavy atom. The standard InChI is InChI=1S/C16H12N2S2/c19-15(17-8-1-2-9-17)13-6-5-7-14(12-13)16(20)18-10-3-4-11-18/h1-12H. The van der Waals surface area contributed by atoms with Gasteiger partial charge in [-0.1, -0.05) is 42.6 Å². The molecule has 0 N–H and O–H groups in total. The first-order valence-electron chi connectivity index (χ1n) is 6.21. The van der Waals surface area contributed by atoms with Crippen LogP contribution >= 0.6 is 24.4 Å². The molecule has 0 aliphatic rings. The van der Waals surface area contributed by atoms with E-state index in [4.69, 9.17) is 24.4 Å². The number of hydrogen-bond acceptors (Lipinski definition) is 2. The van der Waals surface area contributed by atoms with Gasteiger partial charge in [0.1, 0.15) is 9.98 Å². The number of benzene rings is 1. The molecule has 0 aliphatic carbocycles. The molecule has 2 nitrogen and oxygen atoms in total. The zero-order chi connectivity index (χ0) is 13.9. The Kier molecular flexibility index (Phi) is 3.58. The van der Waals surface area contributed by atoms with Crippen molar-refractivity contribution in [3.05, 3.63) is 84.4 Å². The third-order valence-electron chi connectivity index (χ3n) is 3.03. The van der Waals surface area contributed by atoms with Crippen molar-refractivity contribution >= 4 is 34.4 Å². The molecule has 0 spiro atoms. The summed E-state index contributed by atoms with van der Waals surface area (Å²) in [6.45, 7) is 0. The van der Waals surface area contributed by atoms with E-state index in [2.05, 4.69) is 0 Å². The quantitative estimate of drug-likeness (QED) is 0.667. The van der Waals surface area contributed by atoms with Gasteiger partial charge < -0.3 is 9.13 Å². The normalized spacial score (nSPS) is 10.4. The van der Waals surface area contributed by atoms with Gasteiger partial charge in [0, 0.05) is 35.9 Å². The van der Waals surface area contributed by atoms with Crippen molar-refractivity contribution in [3.8, 4) is 0 Å². The Morgan fingerprint density at radius 3 is 1.45 bits per heavy atom. The summed E-state index contributed by atoms with van der Waals surface area (Å²) in [5.41, 5.74) is 1.98. The fourth-order valence-corrected chi connectivity index (χ4v) is 2.52. The molecule has 20 heavy (non-hydrogen) atoms. The van der Waals surface area contributed by atoms with Crippen molar-refractivity contribution in [1.29, 1.82) is 0 Å². The first kappa shape index (κ1) is 13.0. The second-order valence-electron chi connectivity index (χ2n) is 4.37. The van der Waals surface area contributed by atoms with Gasteiger partial charge in [-0.05, 0) is 30.3 Å². The molecule has 0 fully saturated rings. The van der Waals surface area contributed by atoms with E-state index in [1.54, 1.807) is 0 Å². The first-order valence-corrected chi connectivity index (χ1v) is 7.03.